The van der Waals surface area contributed by atoms with Gasteiger partial charge in [-0.25, -0.2) is 4.79 Å². The van der Waals surface area contributed by atoms with Crippen molar-refractivity contribution in [3.63, 3.8) is 0 Å². The summed E-state index contributed by atoms with van der Waals surface area (Å²) in [7, 11) is 0. The van der Waals surface area contributed by atoms with Crippen LogP contribution >= 0.6 is 0 Å². The van der Waals surface area contributed by atoms with Crippen LogP contribution in [0.1, 0.15) is 33.6 Å². The van der Waals surface area contributed by atoms with E-state index < -0.39 is 0 Å². The highest BCUT2D eigenvalue weighted by Gasteiger charge is 2.17. The summed E-state index contributed by atoms with van der Waals surface area (Å²) in [6.07, 6.45) is 1.69. The van der Waals surface area contributed by atoms with Crippen LogP contribution in [-0.4, -0.2) is 30.8 Å². The van der Waals surface area contributed by atoms with E-state index in [4.69, 9.17) is 5.11 Å². The van der Waals surface area contributed by atoms with Gasteiger partial charge in [-0.15, -0.1) is 0 Å². The summed E-state index contributed by atoms with van der Waals surface area (Å²) in [5.41, 5.74) is 0.0494. The fourth-order valence-corrected chi connectivity index (χ4v) is 1.19. The fraction of sp³-hybridized carbons (Fsp3) is 0.900. The van der Waals surface area contributed by atoms with E-state index in [0.29, 0.717) is 13.1 Å². The van der Waals surface area contributed by atoms with Crippen molar-refractivity contribution in [1.29, 1.82) is 0 Å². The molecule has 0 spiro atoms. The second-order valence-corrected chi connectivity index (χ2v) is 4.20. The van der Waals surface area contributed by atoms with Gasteiger partial charge < -0.3 is 15.7 Å². The molecule has 0 saturated carbocycles. The van der Waals surface area contributed by atoms with E-state index in [2.05, 4.69) is 24.5 Å². The third kappa shape index (κ3) is 6.71. The van der Waals surface area contributed by atoms with E-state index in [9.17, 15) is 4.79 Å². The van der Waals surface area contributed by atoms with Gasteiger partial charge in [0, 0.05) is 19.7 Å². The highest BCUT2D eigenvalue weighted by atomic mass is 16.2. The molecule has 4 nitrogen and oxygen atoms in total. The maximum absolute atomic E-state index is 11.1. The lowest BCUT2D eigenvalue weighted by Crippen LogP contribution is -2.40. The van der Waals surface area contributed by atoms with Gasteiger partial charge in [0.15, 0.2) is 0 Å². The Balaban J connectivity index is 3.68. The van der Waals surface area contributed by atoms with Crippen LogP contribution in [0.15, 0.2) is 0 Å². The molecular weight excluding hydrogens is 180 g/mol. The summed E-state index contributed by atoms with van der Waals surface area (Å²) in [6.45, 7) is 7.53. The van der Waals surface area contributed by atoms with Crippen molar-refractivity contribution in [3.05, 3.63) is 0 Å². The molecule has 2 amide bonds. The van der Waals surface area contributed by atoms with Crippen molar-refractivity contribution in [3.8, 4) is 0 Å². The molecule has 0 aromatic heterocycles. The summed E-state index contributed by atoms with van der Waals surface area (Å²) in [5.74, 6) is 0. The normalized spacial score (nSPS) is 11.1. The first-order chi connectivity index (χ1) is 6.52. The average molecular weight is 202 g/mol. The third-order valence-electron chi connectivity index (χ3n) is 2.08. The molecule has 0 aromatic rings. The molecule has 0 saturated heterocycles. The smallest absolute Gasteiger partial charge is 0.314 e. The highest BCUT2D eigenvalue weighted by molar-refractivity contribution is 5.73. The Bertz CT molecular complexity index is 170. The number of aliphatic hydroxyl groups is 1. The Morgan fingerprint density at radius 2 is 2.00 bits per heavy atom. The third-order valence-corrected chi connectivity index (χ3v) is 2.08. The molecule has 0 aliphatic rings. The Kier molecular flexibility index (Phi) is 6.28. The summed E-state index contributed by atoms with van der Waals surface area (Å²) in [5, 5.41) is 14.2. The quantitative estimate of drug-likeness (QED) is 0.604. The SMILES string of the molecule is CCNC(=O)NCC(C)(C)CCCO. The monoisotopic (exact) mass is 202 g/mol. The zero-order chi connectivity index (χ0) is 11.0. The van der Waals surface area contributed by atoms with Crippen molar-refractivity contribution in [2.24, 2.45) is 5.41 Å². The zero-order valence-electron chi connectivity index (χ0n) is 9.39. The Morgan fingerprint density at radius 1 is 1.36 bits per heavy atom. The minimum absolute atomic E-state index is 0.0494. The maximum Gasteiger partial charge on any atom is 0.314 e. The zero-order valence-corrected chi connectivity index (χ0v) is 9.39. The van der Waals surface area contributed by atoms with Crippen LogP contribution in [0.2, 0.25) is 0 Å². The predicted octanol–water partition coefficient (Wildman–Crippen LogP) is 1.10. The van der Waals surface area contributed by atoms with Crippen molar-refractivity contribution in [2.45, 2.75) is 33.6 Å². The van der Waals surface area contributed by atoms with Gasteiger partial charge in [0.25, 0.3) is 0 Å². The molecule has 0 aliphatic carbocycles. The molecule has 0 fully saturated rings. The van der Waals surface area contributed by atoms with Crippen molar-refractivity contribution in [2.75, 3.05) is 19.7 Å². The molecule has 0 heterocycles. The summed E-state index contributed by atoms with van der Waals surface area (Å²) in [4.78, 5) is 11.1. The topological polar surface area (TPSA) is 61.4 Å². The lowest BCUT2D eigenvalue weighted by Gasteiger charge is -2.24. The fourth-order valence-electron chi connectivity index (χ4n) is 1.19. The Labute approximate surface area is 86.1 Å². The van der Waals surface area contributed by atoms with Crippen LogP contribution in [0, 0.1) is 5.41 Å². The molecule has 0 radical (unpaired) electrons. The van der Waals surface area contributed by atoms with E-state index in [1.54, 1.807) is 0 Å². The molecule has 0 unspecified atom stereocenters. The molecule has 4 heteroatoms. The molecule has 0 atom stereocenters. The number of hydrogen-bond acceptors (Lipinski definition) is 2. The van der Waals surface area contributed by atoms with Gasteiger partial charge in [-0.2, -0.15) is 0 Å². The van der Waals surface area contributed by atoms with Crippen LogP contribution in [0.5, 0.6) is 0 Å². The number of rotatable bonds is 6. The Morgan fingerprint density at radius 3 is 2.50 bits per heavy atom. The van der Waals surface area contributed by atoms with E-state index in [0.717, 1.165) is 12.8 Å². The van der Waals surface area contributed by atoms with Gasteiger partial charge in [0.05, 0.1) is 0 Å². The molecule has 0 rings (SSSR count). The van der Waals surface area contributed by atoms with E-state index in [-0.39, 0.29) is 18.1 Å². The number of amides is 2. The van der Waals surface area contributed by atoms with Crippen LogP contribution < -0.4 is 10.6 Å². The number of aliphatic hydroxyl groups excluding tert-OH is 1. The highest BCUT2D eigenvalue weighted by Crippen LogP contribution is 2.20. The predicted molar refractivity (Wildman–Crippen MR) is 57.2 cm³/mol. The van der Waals surface area contributed by atoms with Crippen LogP contribution in [0.25, 0.3) is 0 Å². The van der Waals surface area contributed by atoms with Gasteiger partial charge in [0.2, 0.25) is 0 Å². The Hall–Kier alpha value is -0.770. The van der Waals surface area contributed by atoms with Gasteiger partial charge in [-0.1, -0.05) is 13.8 Å². The van der Waals surface area contributed by atoms with Gasteiger partial charge in [-0.3, -0.25) is 0 Å². The molecule has 0 aromatic carbocycles. The van der Waals surface area contributed by atoms with Crippen LogP contribution in [0.4, 0.5) is 4.79 Å². The molecule has 14 heavy (non-hydrogen) atoms. The van der Waals surface area contributed by atoms with Crippen molar-refractivity contribution in [1.82, 2.24) is 10.6 Å². The molecule has 0 aliphatic heterocycles. The lowest BCUT2D eigenvalue weighted by atomic mass is 9.88. The van der Waals surface area contributed by atoms with Gasteiger partial charge >= 0.3 is 6.03 Å². The summed E-state index contributed by atoms with van der Waals surface area (Å²) < 4.78 is 0. The number of nitrogens with one attached hydrogen (secondary N) is 2. The first kappa shape index (κ1) is 13.2. The minimum atomic E-state index is -0.121. The summed E-state index contributed by atoms with van der Waals surface area (Å²) >= 11 is 0. The number of urea groups is 1. The van der Waals surface area contributed by atoms with E-state index in [1.165, 1.54) is 0 Å². The number of hydrogen-bond donors (Lipinski definition) is 3. The second-order valence-electron chi connectivity index (χ2n) is 4.20. The number of carbonyl (C=O) groups excluding carboxylic acids is 1. The minimum Gasteiger partial charge on any atom is -0.396 e. The molecule has 0 bridgehead atoms. The lowest BCUT2D eigenvalue weighted by molar-refractivity contribution is 0.221. The first-order valence-corrected chi connectivity index (χ1v) is 5.14. The van der Waals surface area contributed by atoms with Crippen molar-refractivity contribution < 1.29 is 9.90 Å². The van der Waals surface area contributed by atoms with Crippen LogP contribution in [0.3, 0.4) is 0 Å². The summed E-state index contributed by atoms with van der Waals surface area (Å²) in [6, 6.07) is -0.121. The molecule has 3 N–H and O–H groups in total. The van der Waals surface area contributed by atoms with E-state index in [1.807, 2.05) is 6.92 Å². The van der Waals surface area contributed by atoms with E-state index >= 15 is 0 Å². The van der Waals surface area contributed by atoms with Gasteiger partial charge in [-0.05, 0) is 25.2 Å². The maximum atomic E-state index is 11.1. The molecular formula is C10H22N2O2. The standard InChI is InChI=1S/C10H22N2O2/c1-4-11-9(14)12-8-10(2,3)6-5-7-13/h13H,4-8H2,1-3H3,(H2,11,12,14). The second kappa shape index (κ2) is 6.65. The van der Waals surface area contributed by atoms with Crippen LogP contribution in [-0.2, 0) is 0 Å². The average Bonchev–Trinajstić information content (AvgIpc) is 2.13. The molecule has 84 valence electrons. The number of carbonyl (C=O) groups is 1. The first-order valence-electron chi connectivity index (χ1n) is 5.14. The van der Waals surface area contributed by atoms with Crippen molar-refractivity contribution >= 4 is 6.03 Å². The van der Waals surface area contributed by atoms with Gasteiger partial charge in [0.1, 0.15) is 0 Å². The largest absolute Gasteiger partial charge is 0.396 e.